The summed E-state index contributed by atoms with van der Waals surface area (Å²) in [7, 11) is 4.94. The number of nitrogens with one attached hydrogen (secondary N) is 3. The molecule has 4 rings (SSSR count). The fourth-order valence-electron chi connectivity index (χ4n) is 3.97. The molecule has 1 aromatic heterocycles. The molecule has 212 valence electrons. The second kappa shape index (κ2) is 13.9. The fourth-order valence-corrected chi connectivity index (χ4v) is 5.19. The Balaban J connectivity index is 1.41. The van der Waals surface area contributed by atoms with Crippen molar-refractivity contribution in [1.82, 2.24) is 15.2 Å². The molecule has 41 heavy (non-hydrogen) atoms. The number of carbonyl (C=O) groups is 2. The van der Waals surface area contributed by atoms with E-state index in [0.717, 1.165) is 16.8 Å². The van der Waals surface area contributed by atoms with E-state index in [1.807, 2.05) is 42.5 Å². The van der Waals surface area contributed by atoms with Crippen LogP contribution in [-0.2, 0) is 11.4 Å². The standard InChI is InChI=1S/C30H30ClN5O4S/c1-36(2)30(38)22-8-4-7-20(17-22)21-12-13-26(40-3)27(18-21)41(39)35-24-10-5-9-23(19-24)32-15-16-34-29(37)28-25(31)11-6-14-33-28/h4-14,17-19,32,35H,15-16H2,1-3H3,(H,34,37). The normalized spacial score (nSPS) is 11.3. The number of aromatic nitrogens is 1. The smallest absolute Gasteiger partial charge is 0.271 e. The van der Waals surface area contributed by atoms with Crippen LogP contribution in [0.25, 0.3) is 11.1 Å². The lowest BCUT2D eigenvalue weighted by molar-refractivity contribution is 0.0827. The molecule has 0 aliphatic carbocycles. The third-order valence-corrected chi connectivity index (χ3v) is 7.44. The third kappa shape index (κ3) is 7.69. The summed E-state index contributed by atoms with van der Waals surface area (Å²) in [5, 5.41) is 6.30. The van der Waals surface area contributed by atoms with Gasteiger partial charge in [-0.1, -0.05) is 35.9 Å². The van der Waals surface area contributed by atoms with Gasteiger partial charge in [-0.05, 0) is 59.7 Å². The number of hydrogen-bond acceptors (Lipinski definition) is 7. The summed E-state index contributed by atoms with van der Waals surface area (Å²) in [5.74, 6) is 0.0212. The molecule has 1 heterocycles. The van der Waals surface area contributed by atoms with Crippen molar-refractivity contribution < 1.29 is 18.9 Å². The summed E-state index contributed by atoms with van der Waals surface area (Å²) in [6.45, 7) is 0.800. The Morgan fingerprint density at radius 1 is 0.951 bits per heavy atom. The zero-order valence-electron chi connectivity index (χ0n) is 22.8. The molecule has 1 unspecified atom stereocenters. The van der Waals surface area contributed by atoms with Gasteiger partial charge in [0.05, 0.1) is 17.8 Å². The largest absolute Gasteiger partial charge is 0.588 e. The first-order valence-electron chi connectivity index (χ1n) is 12.7. The zero-order chi connectivity index (χ0) is 29.4. The molecular formula is C30H30ClN5O4S. The van der Waals surface area contributed by atoms with Crippen LogP contribution in [0.2, 0.25) is 5.02 Å². The average Bonchev–Trinajstić information content (AvgIpc) is 2.99. The number of methoxy groups -OCH3 is 1. The van der Waals surface area contributed by atoms with Crippen molar-refractivity contribution in [2.75, 3.05) is 44.3 Å². The molecule has 3 aromatic carbocycles. The molecule has 3 N–H and O–H groups in total. The number of benzene rings is 3. The lowest BCUT2D eigenvalue weighted by Crippen LogP contribution is -2.29. The van der Waals surface area contributed by atoms with Crippen molar-refractivity contribution in [3.05, 3.63) is 101 Å². The fraction of sp³-hybridized carbons (Fsp3) is 0.167. The van der Waals surface area contributed by atoms with E-state index in [1.54, 1.807) is 50.5 Å². The molecular weight excluding hydrogens is 562 g/mol. The van der Waals surface area contributed by atoms with Gasteiger partial charge in [-0.15, -0.1) is 0 Å². The molecule has 0 saturated carbocycles. The lowest BCUT2D eigenvalue weighted by atomic mass is 10.0. The van der Waals surface area contributed by atoms with Crippen LogP contribution in [0.4, 0.5) is 11.4 Å². The number of amides is 2. The summed E-state index contributed by atoms with van der Waals surface area (Å²) >= 11 is 4.37. The van der Waals surface area contributed by atoms with Gasteiger partial charge in [-0.3, -0.25) is 9.59 Å². The van der Waals surface area contributed by atoms with Crippen molar-refractivity contribution in [3.63, 3.8) is 0 Å². The second-order valence-electron chi connectivity index (χ2n) is 9.11. The van der Waals surface area contributed by atoms with Crippen molar-refractivity contribution in [1.29, 1.82) is 0 Å². The minimum absolute atomic E-state index is 0.0979. The molecule has 0 bridgehead atoms. The quantitative estimate of drug-likeness (QED) is 0.164. The minimum atomic E-state index is -1.65. The van der Waals surface area contributed by atoms with Gasteiger partial charge in [0.25, 0.3) is 11.8 Å². The third-order valence-electron chi connectivity index (χ3n) is 6.00. The molecule has 0 fully saturated rings. The Morgan fingerprint density at radius 3 is 2.46 bits per heavy atom. The number of anilines is 2. The van der Waals surface area contributed by atoms with Gasteiger partial charge in [-0.2, -0.15) is 0 Å². The monoisotopic (exact) mass is 591 g/mol. The van der Waals surface area contributed by atoms with Gasteiger partial charge in [0.15, 0.2) is 5.75 Å². The van der Waals surface area contributed by atoms with Crippen LogP contribution in [0.15, 0.2) is 90.0 Å². The predicted octanol–water partition coefficient (Wildman–Crippen LogP) is 5.09. The SMILES string of the molecule is COc1ccc(-c2cccc(C(=O)N(C)C)c2)cc1[S+]([O-])Nc1cccc(NCCNC(=O)c2ncccc2Cl)c1. The molecule has 0 aliphatic heterocycles. The van der Waals surface area contributed by atoms with E-state index < -0.39 is 11.4 Å². The van der Waals surface area contributed by atoms with Crippen molar-refractivity contribution in [2.24, 2.45) is 0 Å². The molecule has 0 aliphatic rings. The Labute approximate surface area is 247 Å². The maximum atomic E-state index is 13.4. The predicted molar refractivity (Wildman–Crippen MR) is 163 cm³/mol. The average molecular weight is 592 g/mol. The van der Waals surface area contributed by atoms with Crippen LogP contribution < -0.4 is 20.1 Å². The van der Waals surface area contributed by atoms with E-state index >= 15 is 0 Å². The van der Waals surface area contributed by atoms with E-state index in [1.165, 1.54) is 18.2 Å². The van der Waals surface area contributed by atoms with E-state index in [4.69, 9.17) is 16.3 Å². The molecule has 1 atom stereocenters. The Morgan fingerprint density at radius 2 is 1.71 bits per heavy atom. The molecule has 0 spiro atoms. The zero-order valence-corrected chi connectivity index (χ0v) is 24.4. The van der Waals surface area contributed by atoms with Crippen LogP contribution in [0, 0.1) is 0 Å². The Hall–Kier alpha value is -4.25. The molecule has 0 saturated heterocycles. The van der Waals surface area contributed by atoms with Crippen molar-refractivity contribution >= 4 is 46.2 Å². The van der Waals surface area contributed by atoms with E-state index in [-0.39, 0.29) is 17.5 Å². The number of nitrogens with zero attached hydrogens (tertiary/aromatic N) is 2. The first kappa shape index (κ1) is 29.7. The maximum absolute atomic E-state index is 13.4. The summed E-state index contributed by atoms with van der Waals surface area (Å²) in [6.07, 6.45) is 1.51. The molecule has 4 aromatic rings. The number of hydrogen-bond donors (Lipinski definition) is 3. The maximum Gasteiger partial charge on any atom is 0.271 e. The topological polar surface area (TPSA) is 119 Å². The van der Waals surface area contributed by atoms with Crippen LogP contribution in [0.5, 0.6) is 5.75 Å². The van der Waals surface area contributed by atoms with Gasteiger partial charge in [0, 0.05) is 50.7 Å². The van der Waals surface area contributed by atoms with E-state index in [0.29, 0.717) is 40.0 Å². The Kier molecular flexibility index (Phi) is 10.1. The second-order valence-corrected chi connectivity index (χ2v) is 10.7. The summed E-state index contributed by atoms with van der Waals surface area (Å²) in [6, 6.07) is 23.3. The number of ether oxygens (including phenoxy) is 1. The summed E-state index contributed by atoms with van der Waals surface area (Å²) in [4.78, 5) is 30.7. The molecule has 11 heteroatoms. The molecule has 9 nitrogen and oxygen atoms in total. The number of rotatable bonds is 11. The highest BCUT2D eigenvalue weighted by atomic mass is 35.5. The first-order valence-corrected chi connectivity index (χ1v) is 14.2. The molecule has 0 radical (unpaired) electrons. The summed E-state index contributed by atoms with van der Waals surface area (Å²) in [5.41, 5.74) is 3.77. The Bertz CT molecular complexity index is 1530. The van der Waals surface area contributed by atoms with Gasteiger partial charge >= 0.3 is 0 Å². The number of halogens is 1. The van der Waals surface area contributed by atoms with Gasteiger partial charge < -0.3 is 24.8 Å². The van der Waals surface area contributed by atoms with Crippen LogP contribution in [0.1, 0.15) is 20.8 Å². The van der Waals surface area contributed by atoms with Crippen molar-refractivity contribution in [3.8, 4) is 16.9 Å². The highest BCUT2D eigenvalue weighted by molar-refractivity contribution is 7.92. The van der Waals surface area contributed by atoms with Gasteiger partial charge in [0.1, 0.15) is 17.1 Å². The highest BCUT2D eigenvalue weighted by Crippen LogP contribution is 2.32. The van der Waals surface area contributed by atoms with Crippen LogP contribution >= 0.6 is 11.6 Å². The van der Waals surface area contributed by atoms with Crippen LogP contribution in [-0.4, -0.2) is 60.5 Å². The first-order chi connectivity index (χ1) is 19.8. The van der Waals surface area contributed by atoms with Crippen LogP contribution in [0.3, 0.4) is 0 Å². The molecule has 2 amide bonds. The number of pyridine rings is 1. The van der Waals surface area contributed by atoms with E-state index in [9.17, 15) is 14.1 Å². The minimum Gasteiger partial charge on any atom is -0.588 e. The van der Waals surface area contributed by atoms with Gasteiger partial charge in [0.2, 0.25) is 4.90 Å². The number of carbonyl (C=O) groups excluding carboxylic acids is 2. The summed E-state index contributed by atoms with van der Waals surface area (Å²) < 4.78 is 21.9. The van der Waals surface area contributed by atoms with E-state index in [2.05, 4.69) is 20.3 Å². The van der Waals surface area contributed by atoms with Gasteiger partial charge in [-0.25, -0.2) is 9.71 Å². The highest BCUT2D eigenvalue weighted by Gasteiger charge is 2.20. The van der Waals surface area contributed by atoms with Crippen molar-refractivity contribution in [2.45, 2.75) is 4.90 Å². The lowest BCUT2D eigenvalue weighted by Gasteiger charge is -2.16.